The second-order valence-corrected chi connectivity index (χ2v) is 3.39. The normalized spacial score (nSPS) is 11.1. The van der Waals surface area contributed by atoms with E-state index in [0.717, 1.165) is 5.56 Å². The Labute approximate surface area is 95.1 Å². The number of allylic oxidation sites excluding steroid dienone is 3. The van der Waals surface area contributed by atoms with Crippen LogP contribution in [0.1, 0.15) is 12.5 Å². The van der Waals surface area contributed by atoms with Gasteiger partial charge in [0, 0.05) is 6.08 Å². The predicted molar refractivity (Wildman–Crippen MR) is 65.4 cm³/mol. The number of rotatable bonds is 3. The van der Waals surface area contributed by atoms with Gasteiger partial charge in [-0.25, -0.2) is 0 Å². The van der Waals surface area contributed by atoms with E-state index in [4.69, 9.17) is 0 Å². The number of hydrogen-bond acceptors (Lipinski definition) is 2. The minimum Gasteiger partial charge on any atom is -0.506 e. The van der Waals surface area contributed by atoms with E-state index in [0.29, 0.717) is 5.69 Å². The molecule has 2 N–H and O–H groups in total. The van der Waals surface area contributed by atoms with Gasteiger partial charge >= 0.3 is 0 Å². The fourth-order valence-electron chi connectivity index (χ4n) is 1.18. The highest BCUT2D eigenvalue weighted by Crippen LogP contribution is 2.23. The van der Waals surface area contributed by atoms with Crippen molar-refractivity contribution < 1.29 is 9.90 Å². The van der Waals surface area contributed by atoms with Crippen LogP contribution in [0, 0.1) is 6.92 Å². The first-order valence-electron chi connectivity index (χ1n) is 5.03. The Bertz CT molecular complexity index is 434. The second kappa shape index (κ2) is 5.75. The minimum absolute atomic E-state index is 0.0767. The number of carbonyl (C=O) groups is 1. The van der Waals surface area contributed by atoms with Crippen molar-refractivity contribution in [1.29, 1.82) is 0 Å². The lowest BCUT2D eigenvalue weighted by molar-refractivity contribution is -0.111. The highest BCUT2D eigenvalue weighted by Gasteiger charge is 2.02. The molecule has 0 bridgehead atoms. The molecule has 0 saturated heterocycles. The smallest absolute Gasteiger partial charge is 0.248 e. The van der Waals surface area contributed by atoms with Gasteiger partial charge in [-0.3, -0.25) is 4.79 Å². The molecule has 1 amide bonds. The molecule has 0 aliphatic heterocycles. The third-order valence-corrected chi connectivity index (χ3v) is 1.96. The highest BCUT2D eigenvalue weighted by atomic mass is 16.3. The maximum absolute atomic E-state index is 11.4. The zero-order chi connectivity index (χ0) is 12.0. The molecule has 0 saturated carbocycles. The van der Waals surface area contributed by atoms with Gasteiger partial charge in [0.05, 0.1) is 5.69 Å². The number of amides is 1. The molecule has 0 atom stereocenters. The van der Waals surface area contributed by atoms with Gasteiger partial charge in [-0.2, -0.15) is 0 Å². The molecule has 0 fully saturated rings. The number of phenolic OH excluding ortho intramolecular Hbond substituents is 1. The van der Waals surface area contributed by atoms with Crippen LogP contribution in [-0.4, -0.2) is 11.0 Å². The average Bonchev–Trinajstić information content (AvgIpc) is 2.23. The van der Waals surface area contributed by atoms with Crippen molar-refractivity contribution in [1.82, 2.24) is 0 Å². The fourth-order valence-corrected chi connectivity index (χ4v) is 1.18. The van der Waals surface area contributed by atoms with Gasteiger partial charge in [-0.15, -0.1) is 0 Å². The summed E-state index contributed by atoms with van der Waals surface area (Å²) >= 11 is 0. The van der Waals surface area contributed by atoms with E-state index in [1.165, 1.54) is 6.08 Å². The lowest BCUT2D eigenvalue weighted by atomic mass is 10.2. The fraction of sp³-hybridized carbons (Fsp3) is 0.154. The summed E-state index contributed by atoms with van der Waals surface area (Å²) in [6.07, 6.45) is 6.63. The highest BCUT2D eigenvalue weighted by molar-refractivity contribution is 6.00. The molecule has 1 aromatic rings. The van der Waals surface area contributed by atoms with Crippen molar-refractivity contribution in [3.63, 3.8) is 0 Å². The van der Waals surface area contributed by atoms with Gasteiger partial charge < -0.3 is 10.4 Å². The molecule has 1 rings (SSSR count). The average molecular weight is 217 g/mol. The second-order valence-electron chi connectivity index (χ2n) is 3.39. The molecule has 0 radical (unpaired) electrons. The molecule has 3 heteroatoms. The van der Waals surface area contributed by atoms with Crippen LogP contribution in [0.4, 0.5) is 5.69 Å². The molecule has 1 aromatic carbocycles. The Morgan fingerprint density at radius 2 is 2.12 bits per heavy atom. The van der Waals surface area contributed by atoms with Crippen LogP contribution in [0.5, 0.6) is 5.75 Å². The molecule has 0 heterocycles. The Hall–Kier alpha value is -2.03. The van der Waals surface area contributed by atoms with Gasteiger partial charge in [0.2, 0.25) is 5.91 Å². The third-order valence-electron chi connectivity index (χ3n) is 1.96. The number of benzene rings is 1. The molecule has 0 spiro atoms. The maximum atomic E-state index is 11.4. The molecule has 16 heavy (non-hydrogen) atoms. The van der Waals surface area contributed by atoms with E-state index >= 15 is 0 Å². The Morgan fingerprint density at radius 1 is 1.38 bits per heavy atom. The molecule has 0 aliphatic rings. The van der Waals surface area contributed by atoms with Crippen molar-refractivity contribution in [3.8, 4) is 5.75 Å². The molecule has 84 valence electrons. The van der Waals surface area contributed by atoms with Crippen LogP contribution in [0.3, 0.4) is 0 Å². The van der Waals surface area contributed by atoms with Gasteiger partial charge in [-0.1, -0.05) is 24.3 Å². The number of hydrogen-bond donors (Lipinski definition) is 2. The number of carbonyl (C=O) groups excluding carboxylic acids is 1. The van der Waals surface area contributed by atoms with E-state index in [9.17, 15) is 9.90 Å². The van der Waals surface area contributed by atoms with Gasteiger partial charge in [-0.05, 0) is 31.5 Å². The number of nitrogens with one attached hydrogen (secondary N) is 1. The van der Waals surface area contributed by atoms with E-state index in [2.05, 4.69) is 5.32 Å². The molecule has 0 aromatic heterocycles. The first-order chi connectivity index (χ1) is 7.63. The monoisotopic (exact) mass is 217 g/mol. The summed E-state index contributed by atoms with van der Waals surface area (Å²) in [5, 5.41) is 12.1. The standard InChI is InChI=1S/C13H15NO2/c1-3-4-5-6-13(16)14-11-8-7-10(2)9-12(11)15/h3-9,15H,1-2H3,(H,14,16)/b4-3+,6-5+. The largest absolute Gasteiger partial charge is 0.506 e. The summed E-state index contributed by atoms with van der Waals surface area (Å²) in [6.45, 7) is 3.74. The van der Waals surface area contributed by atoms with Gasteiger partial charge in [0.25, 0.3) is 0 Å². The quantitative estimate of drug-likeness (QED) is 0.464. The Balaban J connectivity index is 2.70. The minimum atomic E-state index is -0.266. The summed E-state index contributed by atoms with van der Waals surface area (Å²) in [7, 11) is 0. The lowest BCUT2D eigenvalue weighted by Gasteiger charge is -2.05. The zero-order valence-corrected chi connectivity index (χ0v) is 9.40. The molecule has 0 aliphatic carbocycles. The van der Waals surface area contributed by atoms with Crippen molar-refractivity contribution in [2.24, 2.45) is 0 Å². The van der Waals surface area contributed by atoms with Crippen molar-refractivity contribution in [2.75, 3.05) is 5.32 Å². The molecular weight excluding hydrogens is 202 g/mol. The lowest BCUT2D eigenvalue weighted by Crippen LogP contribution is -2.07. The van der Waals surface area contributed by atoms with Crippen LogP contribution in [0.2, 0.25) is 0 Å². The first kappa shape index (κ1) is 12.0. The van der Waals surface area contributed by atoms with Crippen LogP contribution in [0.25, 0.3) is 0 Å². The SMILES string of the molecule is C/C=C/C=C/C(=O)Nc1ccc(C)cc1O. The van der Waals surface area contributed by atoms with E-state index in [1.807, 2.05) is 26.0 Å². The van der Waals surface area contributed by atoms with Gasteiger partial charge in [0.15, 0.2) is 0 Å². The topological polar surface area (TPSA) is 49.3 Å². The summed E-state index contributed by atoms with van der Waals surface area (Å²) in [6, 6.07) is 5.10. The Morgan fingerprint density at radius 3 is 2.75 bits per heavy atom. The van der Waals surface area contributed by atoms with Crippen molar-refractivity contribution in [2.45, 2.75) is 13.8 Å². The number of aryl methyl sites for hydroxylation is 1. The first-order valence-corrected chi connectivity index (χ1v) is 5.03. The third kappa shape index (κ3) is 3.61. The maximum Gasteiger partial charge on any atom is 0.248 e. The summed E-state index contributed by atoms with van der Waals surface area (Å²) < 4.78 is 0. The van der Waals surface area contributed by atoms with Crippen LogP contribution >= 0.6 is 0 Å². The van der Waals surface area contributed by atoms with Crippen LogP contribution < -0.4 is 5.32 Å². The van der Waals surface area contributed by atoms with E-state index in [-0.39, 0.29) is 11.7 Å². The van der Waals surface area contributed by atoms with Crippen LogP contribution in [0.15, 0.2) is 42.5 Å². The van der Waals surface area contributed by atoms with Crippen molar-refractivity contribution >= 4 is 11.6 Å². The molecule has 3 nitrogen and oxygen atoms in total. The number of aromatic hydroxyl groups is 1. The van der Waals surface area contributed by atoms with Crippen LogP contribution in [-0.2, 0) is 4.79 Å². The zero-order valence-electron chi connectivity index (χ0n) is 9.40. The van der Waals surface area contributed by atoms with Crippen molar-refractivity contribution in [3.05, 3.63) is 48.1 Å². The molecule has 0 unspecified atom stereocenters. The molecular formula is C13H15NO2. The van der Waals surface area contributed by atoms with Gasteiger partial charge in [0.1, 0.15) is 5.75 Å². The summed E-state index contributed by atoms with van der Waals surface area (Å²) in [5.41, 5.74) is 1.36. The van der Waals surface area contributed by atoms with E-state index in [1.54, 1.807) is 24.3 Å². The summed E-state index contributed by atoms with van der Waals surface area (Å²) in [4.78, 5) is 11.4. The number of anilines is 1. The van der Waals surface area contributed by atoms with E-state index < -0.39 is 0 Å². The number of phenols is 1. The summed E-state index contributed by atoms with van der Waals surface area (Å²) in [5.74, 6) is -0.190. The Kier molecular flexibility index (Phi) is 4.33. The predicted octanol–water partition coefficient (Wildman–Crippen LogP) is 2.77.